The standard InChI is InChI=1S/C13H20N2O/c1-10-6-7-15(13(10)9-16)8-11-2-4-12(14)5-3-11/h2-5,10,13,16H,6-9,14H2,1H3. The third-order valence-electron chi connectivity index (χ3n) is 3.55. The highest BCUT2D eigenvalue weighted by Crippen LogP contribution is 2.25. The highest BCUT2D eigenvalue weighted by Gasteiger charge is 2.30. The Morgan fingerprint density at radius 2 is 2.06 bits per heavy atom. The average Bonchev–Trinajstić information content (AvgIpc) is 2.63. The number of likely N-dealkylation sites (tertiary alicyclic amines) is 1. The Hall–Kier alpha value is -1.06. The molecule has 1 fully saturated rings. The minimum atomic E-state index is 0.260. The van der Waals surface area contributed by atoms with E-state index in [-0.39, 0.29) is 6.61 Å². The van der Waals surface area contributed by atoms with E-state index in [1.807, 2.05) is 12.1 Å². The topological polar surface area (TPSA) is 49.5 Å². The highest BCUT2D eigenvalue weighted by molar-refractivity contribution is 5.39. The quantitative estimate of drug-likeness (QED) is 0.758. The van der Waals surface area contributed by atoms with Crippen molar-refractivity contribution in [2.75, 3.05) is 18.9 Å². The number of aliphatic hydroxyl groups excluding tert-OH is 1. The van der Waals surface area contributed by atoms with Gasteiger partial charge in [-0.05, 0) is 36.6 Å². The van der Waals surface area contributed by atoms with E-state index in [1.54, 1.807) is 0 Å². The lowest BCUT2D eigenvalue weighted by atomic mass is 10.0. The third-order valence-corrected chi connectivity index (χ3v) is 3.55. The summed E-state index contributed by atoms with van der Waals surface area (Å²) in [6, 6.07) is 8.31. The summed E-state index contributed by atoms with van der Waals surface area (Å²) in [7, 11) is 0. The monoisotopic (exact) mass is 220 g/mol. The summed E-state index contributed by atoms with van der Waals surface area (Å²) < 4.78 is 0. The molecule has 0 bridgehead atoms. The maximum Gasteiger partial charge on any atom is 0.0589 e. The molecular formula is C13H20N2O. The van der Waals surface area contributed by atoms with Gasteiger partial charge in [-0.25, -0.2) is 0 Å². The Morgan fingerprint density at radius 3 is 2.69 bits per heavy atom. The number of nitrogen functional groups attached to an aromatic ring is 1. The first-order valence-electron chi connectivity index (χ1n) is 5.90. The maximum atomic E-state index is 9.37. The average molecular weight is 220 g/mol. The van der Waals surface area contributed by atoms with E-state index in [0.29, 0.717) is 12.0 Å². The van der Waals surface area contributed by atoms with Crippen LogP contribution in [0.4, 0.5) is 5.69 Å². The van der Waals surface area contributed by atoms with Gasteiger partial charge in [0.2, 0.25) is 0 Å². The molecule has 3 heteroatoms. The minimum Gasteiger partial charge on any atom is -0.399 e. The number of hydrogen-bond acceptors (Lipinski definition) is 3. The molecule has 0 aliphatic carbocycles. The number of benzene rings is 1. The number of aliphatic hydroxyl groups is 1. The van der Waals surface area contributed by atoms with Gasteiger partial charge in [0, 0.05) is 18.3 Å². The molecule has 1 saturated heterocycles. The van der Waals surface area contributed by atoms with Crippen molar-refractivity contribution >= 4 is 5.69 Å². The molecule has 0 aromatic heterocycles. The zero-order valence-electron chi connectivity index (χ0n) is 9.76. The van der Waals surface area contributed by atoms with Crippen LogP contribution < -0.4 is 5.73 Å². The molecule has 2 rings (SSSR count). The minimum absolute atomic E-state index is 0.260. The largest absolute Gasteiger partial charge is 0.399 e. The van der Waals surface area contributed by atoms with Gasteiger partial charge in [-0.2, -0.15) is 0 Å². The first kappa shape index (κ1) is 11.4. The number of hydrogen-bond donors (Lipinski definition) is 2. The van der Waals surface area contributed by atoms with Crippen LogP contribution in [0.1, 0.15) is 18.9 Å². The second-order valence-electron chi connectivity index (χ2n) is 4.73. The van der Waals surface area contributed by atoms with Crippen molar-refractivity contribution in [2.24, 2.45) is 5.92 Å². The van der Waals surface area contributed by atoms with Gasteiger partial charge in [-0.1, -0.05) is 19.1 Å². The van der Waals surface area contributed by atoms with Crippen LogP contribution in [0.2, 0.25) is 0 Å². The number of nitrogens with zero attached hydrogens (tertiary/aromatic N) is 1. The fourth-order valence-electron chi connectivity index (χ4n) is 2.44. The van der Waals surface area contributed by atoms with Gasteiger partial charge >= 0.3 is 0 Å². The van der Waals surface area contributed by atoms with Crippen LogP contribution in [-0.4, -0.2) is 29.2 Å². The van der Waals surface area contributed by atoms with Crippen LogP contribution in [0, 0.1) is 5.92 Å². The molecule has 0 spiro atoms. The van der Waals surface area contributed by atoms with E-state index >= 15 is 0 Å². The molecule has 1 heterocycles. The zero-order chi connectivity index (χ0) is 11.5. The molecule has 88 valence electrons. The Bertz CT molecular complexity index is 336. The van der Waals surface area contributed by atoms with Crippen LogP contribution in [0.5, 0.6) is 0 Å². The number of anilines is 1. The van der Waals surface area contributed by atoms with Crippen molar-refractivity contribution in [2.45, 2.75) is 25.9 Å². The van der Waals surface area contributed by atoms with Crippen LogP contribution in [0.25, 0.3) is 0 Å². The van der Waals surface area contributed by atoms with E-state index in [9.17, 15) is 5.11 Å². The van der Waals surface area contributed by atoms with Crippen molar-refractivity contribution in [3.8, 4) is 0 Å². The lowest BCUT2D eigenvalue weighted by Crippen LogP contribution is -2.34. The molecule has 3 nitrogen and oxygen atoms in total. The molecule has 3 N–H and O–H groups in total. The molecule has 2 unspecified atom stereocenters. The summed E-state index contributed by atoms with van der Waals surface area (Å²) in [5.74, 6) is 0.596. The first-order valence-corrected chi connectivity index (χ1v) is 5.90. The van der Waals surface area contributed by atoms with E-state index in [4.69, 9.17) is 5.73 Å². The molecule has 1 aliphatic heterocycles. The third kappa shape index (κ3) is 2.36. The summed E-state index contributed by atoms with van der Waals surface area (Å²) in [5.41, 5.74) is 7.73. The number of nitrogens with two attached hydrogens (primary N) is 1. The van der Waals surface area contributed by atoms with Crippen molar-refractivity contribution in [1.29, 1.82) is 0 Å². The fraction of sp³-hybridized carbons (Fsp3) is 0.538. The summed E-state index contributed by atoms with van der Waals surface area (Å²) in [6.45, 7) is 4.46. The molecule has 1 aromatic rings. The normalized spacial score (nSPS) is 26.1. The van der Waals surface area contributed by atoms with Crippen LogP contribution >= 0.6 is 0 Å². The van der Waals surface area contributed by atoms with Gasteiger partial charge in [0.25, 0.3) is 0 Å². The SMILES string of the molecule is CC1CCN(Cc2ccc(N)cc2)C1CO. The Labute approximate surface area is 96.9 Å². The summed E-state index contributed by atoms with van der Waals surface area (Å²) >= 11 is 0. The molecule has 0 amide bonds. The lowest BCUT2D eigenvalue weighted by Gasteiger charge is -2.25. The predicted molar refractivity (Wildman–Crippen MR) is 65.9 cm³/mol. The lowest BCUT2D eigenvalue weighted by molar-refractivity contribution is 0.134. The van der Waals surface area contributed by atoms with E-state index in [1.165, 1.54) is 12.0 Å². The Morgan fingerprint density at radius 1 is 1.38 bits per heavy atom. The van der Waals surface area contributed by atoms with E-state index in [2.05, 4.69) is 24.0 Å². The van der Waals surface area contributed by atoms with Crippen molar-refractivity contribution < 1.29 is 5.11 Å². The number of rotatable bonds is 3. The van der Waals surface area contributed by atoms with Crippen molar-refractivity contribution in [3.05, 3.63) is 29.8 Å². The Balaban J connectivity index is 2.01. The van der Waals surface area contributed by atoms with Gasteiger partial charge in [0.05, 0.1) is 6.61 Å². The highest BCUT2D eigenvalue weighted by atomic mass is 16.3. The van der Waals surface area contributed by atoms with Crippen LogP contribution in [-0.2, 0) is 6.54 Å². The van der Waals surface area contributed by atoms with Crippen LogP contribution in [0.3, 0.4) is 0 Å². The van der Waals surface area contributed by atoms with Crippen molar-refractivity contribution in [1.82, 2.24) is 4.90 Å². The Kier molecular flexibility index (Phi) is 3.46. The molecular weight excluding hydrogens is 200 g/mol. The zero-order valence-corrected chi connectivity index (χ0v) is 9.76. The smallest absolute Gasteiger partial charge is 0.0589 e. The molecule has 16 heavy (non-hydrogen) atoms. The summed E-state index contributed by atoms with van der Waals surface area (Å²) in [6.07, 6.45) is 1.18. The predicted octanol–water partition coefficient (Wildman–Crippen LogP) is 1.47. The second-order valence-corrected chi connectivity index (χ2v) is 4.73. The van der Waals surface area contributed by atoms with E-state index < -0.39 is 0 Å². The van der Waals surface area contributed by atoms with Gasteiger partial charge in [-0.3, -0.25) is 4.90 Å². The molecule has 0 saturated carbocycles. The summed E-state index contributed by atoms with van der Waals surface area (Å²) in [5, 5.41) is 9.37. The fourth-order valence-corrected chi connectivity index (χ4v) is 2.44. The van der Waals surface area contributed by atoms with Gasteiger partial charge in [0.1, 0.15) is 0 Å². The molecule has 0 radical (unpaired) electrons. The van der Waals surface area contributed by atoms with Crippen LogP contribution in [0.15, 0.2) is 24.3 Å². The molecule has 1 aromatic carbocycles. The molecule has 1 aliphatic rings. The van der Waals surface area contributed by atoms with Gasteiger partial charge in [-0.15, -0.1) is 0 Å². The van der Waals surface area contributed by atoms with Gasteiger partial charge in [0.15, 0.2) is 0 Å². The summed E-state index contributed by atoms with van der Waals surface area (Å²) in [4.78, 5) is 2.36. The molecule has 2 atom stereocenters. The maximum absolute atomic E-state index is 9.37. The van der Waals surface area contributed by atoms with Crippen molar-refractivity contribution in [3.63, 3.8) is 0 Å². The second kappa shape index (κ2) is 4.85. The van der Waals surface area contributed by atoms with Gasteiger partial charge < -0.3 is 10.8 Å². The van der Waals surface area contributed by atoms with E-state index in [0.717, 1.165) is 18.8 Å². The first-order chi connectivity index (χ1) is 7.70.